The summed E-state index contributed by atoms with van der Waals surface area (Å²) < 4.78 is 55.3. The van der Waals surface area contributed by atoms with Gasteiger partial charge in [-0.3, -0.25) is 0 Å². The third kappa shape index (κ3) is 3.59. The van der Waals surface area contributed by atoms with Gasteiger partial charge in [0.1, 0.15) is 17.2 Å². The third-order valence-electron chi connectivity index (χ3n) is 4.35. The van der Waals surface area contributed by atoms with Crippen LogP contribution in [0.15, 0.2) is 76.7 Å². The number of nitrogens with zero attached hydrogens (tertiary/aromatic N) is 1. The maximum atomic E-state index is 14.5. The van der Waals surface area contributed by atoms with Crippen molar-refractivity contribution in [2.45, 2.75) is 9.92 Å². The fourth-order valence-corrected chi connectivity index (χ4v) is 4.98. The summed E-state index contributed by atoms with van der Waals surface area (Å²) in [7, 11) is -4.20. The summed E-state index contributed by atoms with van der Waals surface area (Å²) in [6.45, 7) is 0. The molecule has 0 atom stereocenters. The van der Waals surface area contributed by atoms with Crippen molar-refractivity contribution in [1.29, 1.82) is 0 Å². The first kappa shape index (κ1) is 19.8. The maximum Gasteiger partial charge on any atom is 0.223 e. The minimum absolute atomic E-state index is 0.123. The number of para-hydroxylation sites is 1. The number of pyridine rings is 1. The molecule has 0 spiro atoms. The summed E-state index contributed by atoms with van der Waals surface area (Å²) in [5.41, 5.74) is 0.158. The van der Waals surface area contributed by atoms with Crippen LogP contribution in [0.1, 0.15) is 0 Å². The number of benzene rings is 3. The van der Waals surface area contributed by atoms with Crippen LogP contribution in [-0.4, -0.2) is 13.4 Å². The molecular formula is C21H11Cl2F2NO2S. The van der Waals surface area contributed by atoms with Gasteiger partial charge in [0.05, 0.1) is 4.90 Å². The molecule has 0 saturated carbocycles. The number of hydrogen-bond acceptors (Lipinski definition) is 3. The molecule has 0 fully saturated rings. The Morgan fingerprint density at radius 3 is 2.10 bits per heavy atom. The highest BCUT2D eigenvalue weighted by Crippen LogP contribution is 2.35. The maximum absolute atomic E-state index is 14.5. The van der Waals surface area contributed by atoms with Gasteiger partial charge < -0.3 is 0 Å². The number of halogens is 4. The molecule has 0 bridgehead atoms. The molecule has 4 aromatic rings. The van der Waals surface area contributed by atoms with E-state index in [0.29, 0.717) is 0 Å². The van der Waals surface area contributed by atoms with Crippen molar-refractivity contribution in [3.8, 4) is 11.1 Å². The minimum atomic E-state index is -4.20. The summed E-state index contributed by atoms with van der Waals surface area (Å²) in [6, 6.07) is 15.1. The van der Waals surface area contributed by atoms with Gasteiger partial charge in [-0.1, -0.05) is 53.5 Å². The van der Waals surface area contributed by atoms with Gasteiger partial charge >= 0.3 is 0 Å². The van der Waals surface area contributed by atoms with Crippen LogP contribution >= 0.6 is 23.2 Å². The molecule has 1 aromatic heterocycles. The molecule has 0 N–H and O–H groups in total. The fourth-order valence-electron chi connectivity index (χ4n) is 3.03. The van der Waals surface area contributed by atoms with Crippen LogP contribution in [0.2, 0.25) is 10.0 Å². The van der Waals surface area contributed by atoms with Crippen LogP contribution in [0.5, 0.6) is 0 Å². The normalized spacial score (nSPS) is 11.7. The van der Waals surface area contributed by atoms with Gasteiger partial charge in [-0.15, -0.1) is 0 Å². The molecule has 3 aromatic carbocycles. The molecule has 0 radical (unpaired) electrons. The Kier molecular flexibility index (Phi) is 5.02. The largest absolute Gasteiger partial charge is 0.233 e. The lowest BCUT2D eigenvalue weighted by atomic mass is 10.0. The predicted molar refractivity (Wildman–Crippen MR) is 109 cm³/mol. The Labute approximate surface area is 175 Å². The second kappa shape index (κ2) is 7.37. The van der Waals surface area contributed by atoms with Crippen LogP contribution in [-0.2, 0) is 9.84 Å². The number of sulfone groups is 1. The van der Waals surface area contributed by atoms with Gasteiger partial charge in [-0.2, -0.15) is 0 Å². The van der Waals surface area contributed by atoms with E-state index in [1.807, 2.05) is 0 Å². The van der Waals surface area contributed by atoms with Crippen molar-refractivity contribution >= 4 is 43.9 Å². The SMILES string of the molecule is O=S(=O)(c1cc(Cl)cc(Cl)c1)c1cc(-c2ccccc2F)c2cccc(F)c2n1. The summed E-state index contributed by atoms with van der Waals surface area (Å²) in [5, 5.41) is 0.0969. The zero-order chi connectivity index (χ0) is 20.8. The molecule has 3 nitrogen and oxygen atoms in total. The zero-order valence-corrected chi connectivity index (χ0v) is 16.9. The highest BCUT2D eigenvalue weighted by atomic mass is 35.5. The average molecular weight is 450 g/mol. The van der Waals surface area contributed by atoms with Crippen LogP contribution < -0.4 is 0 Å². The van der Waals surface area contributed by atoms with Crippen LogP contribution in [0, 0.1) is 11.6 Å². The Morgan fingerprint density at radius 2 is 1.41 bits per heavy atom. The van der Waals surface area contributed by atoms with E-state index in [1.54, 1.807) is 12.1 Å². The van der Waals surface area contributed by atoms with Crippen LogP contribution in [0.25, 0.3) is 22.0 Å². The lowest BCUT2D eigenvalue weighted by Gasteiger charge is -2.12. The van der Waals surface area contributed by atoms with Crippen molar-refractivity contribution in [2.24, 2.45) is 0 Å². The monoisotopic (exact) mass is 449 g/mol. The zero-order valence-electron chi connectivity index (χ0n) is 14.5. The molecule has 0 saturated heterocycles. The Morgan fingerprint density at radius 1 is 0.759 bits per heavy atom. The Balaban J connectivity index is 2.06. The standard InChI is InChI=1S/C21H11Cl2F2NO2S/c22-12-8-13(23)10-14(9-12)29(27,28)20-11-17(15-4-1-2-6-18(15)24)16-5-3-7-19(25)21(16)26-20/h1-11H. The van der Waals surface area contributed by atoms with Gasteiger partial charge in [-0.05, 0) is 42.0 Å². The van der Waals surface area contributed by atoms with E-state index in [0.717, 1.165) is 6.07 Å². The first-order valence-electron chi connectivity index (χ1n) is 8.33. The second-order valence-electron chi connectivity index (χ2n) is 6.23. The van der Waals surface area contributed by atoms with Crippen molar-refractivity contribution < 1.29 is 17.2 Å². The summed E-state index contributed by atoms with van der Waals surface area (Å²) in [4.78, 5) is 3.83. The van der Waals surface area contributed by atoms with Gasteiger partial charge in [0.25, 0.3) is 0 Å². The molecule has 0 aliphatic rings. The van der Waals surface area contributed by atoms with Gasteiger partial charge in [-0.25, -0.2) is 22.2 Å². The predicted octanol–water partition coefficient (Wildman–Crippen LogP) is 6.32. The number of hydrogen-bond donors (Lipinski definition) is 0. The molecular weight excluding hydrogens is 439 g/mol. The Bertz CT molecular complexity index is 1350. The van der Waals surface area contributed by atoms with E-state index >= 15 is 0 Å². The molecule has 146 valence electrons. The summed E-state index contributed by atoms with van der Waals surface area (Å²) in [6.07, 6.45) is 0. The highest BCUT2D eigenvalue weighted by Gasteiger charge is 2.24. The molecule has 29 heavy (non-hydrogen) atoms. The topological polar surface area (TPSA) is 47.0 Å². The lowest BCUT2D eigenvalue weighted by Crippen LogP contribution is -2.06. The van der Waals surface area contributed by atoms with E-state index in [2.05, 4.69) is 4.98 Å². The molecule has 0 aliphatic carbocycles. The van der Waals surface area contributed by atoms with Gasteiger partial charge in [0, 0.05) is 21.0 Å². The van der Waals surface area contributed by atoms with Crippen molar-refractivity contribution in [3.05, 3.63) is 88.4 Å². The van der Waals surface area contributed by atoms with E-state index in [4.69, 9.17) is 23.2 Å². The van der Waals surface area contributed by atoms with Crippen LogP contribution in [0.3, 0.4) is 0 Å². The first-order chi connectivity index (χ1) is 13.8. The molecule has 0 aliphatic heterocycles. The fraction of sp³-hybridized carbons (Fsp3) is 0. The second-order valence-corrected chi connectivity index (χ2v) is 9.00. The lowest BCUT2D eigenvalue weighted by molar-refractivity contribution is 0.592. The molecule has 8 heteroatoms. The van der Waals surface area contributed by atoms with Crippen molar-refractivity contribution in [2.75, 3.05) is 0 Å². The molecule has 1 heterocycles. The van der Waals surface area contributed by atoms with E-state index in [1.165, 1.54) is 48.5 Å². The molecule has 0 unspecified atom stereocenters. The van der Waals surface area contributed by atoms with Crippen molar-refractivity contribution in [3.63, 3.8) is 0 Å². The van der Waals surface area contributed by atoms with Gasteiger partial charge in [0.2, 0.25) is 9.84 Å². The third-order valence-corrected chi connectivity index (χ3v) is 6.41. The molecule has 4 rings (SSSR count). The number of aromatic nitrogens is 1. The summed E-state index contributed by atoms with van der Waals surface area (Å²) >= 11 is 11.9. The Hall–Kier alpha value is -2.54. The van der Waals surface area contributed by atoms with Crippen LogP contribution in [0.4, 0.5) is 8.78 Å². The highest BCUT2D eigenvalue weighted by molar-refractivity contribution is 7.91. The summed E-state index contributed by atoms with van der Waals surface area (Å²) in [5.74, 6) is -1.29. The van der Waals surface area contributed by atoms with Crippen molar-refractivity contribution in [1.82, 2.24) is 4.98 Å². The minimum Gasteiger partial charge on any atom is -0.233 e. The number of fused-ring (bicyclic) bond motifs is 1. The smallest absolute Gasteiger partial charge is 0.223 e. The number of rotatable bonds is 3. The molecule has 0 amide bonds. The quantitative estimate of drug-likeness (QED) is 0.367. The van der Waals surface area contributed by atoms with E-state index in [-0.39, 0.29) is 37.0 Å². The first-order valence-corrected chi connectivity index (χ1v) is 10.6. The van der Waals surface area contributed by atoms with Gasteiger partial charge in [0.15, 0.2) is 5.03 Å². The van der Waals surface area contributed by atoms with E-state index in [9.17, 15) is 17.2 Å². The van der Waals surface area contributed by atoms with E-state index < -0.39 is 26.5 Å². The average Bonchev–Trinajstić information content (AvgIpc) is 2.67.